The van der Waals surface area contributed by atoms with Crippen molar-refractivity contribution < 1.29 is 28.2 Å². The molecule has 0 spiro atoms. The number of ether oxygens (including phenoxy) is 1. The molecule has 0 saturated heterocycles. The molecule has 1 aliphatic rings. The number of hydrogen-bond donors (Lipinski definition) is 2. The molecule has 0 aromatic rings. The highest BCUT2D eigenvalue weighted by Crippen LogP contribution is 2.38. The predicted molar refractivity (Wildman–Crippen MR) is 72.3 cm³/mol. The number of hydrogen-bond acceptors (Lipinski definition) is 3. The fourth-order valence-corrected chi connectivity index (χ4v) is 2.45. The number of aliphatic carboxylic acids is 1. The second-order valence-corrected chi connectivity index (χ2v) is 6.54. The molecule has 5 nitrogen and oxygen atoms in total. The van der Waals surface area contributed by atoms with Gasteiger partial charge in [-0.2, -0.15) is 0 Å². The maximum atomic E-state index is 13.2. The van der Waals surface area contributed by atoms with Gasteiger partial charge < -0.3 is 15.2 Å². The molecule has 0 radical (unpaired) electrons. The highest BCUT2D eigenvalue weighted by Gasteiger charge is 2.38. The molecule has 122 valence electrons. The van der Waals surface area contributed by atoms with E-state index in [0.717, 1.165) is 0 Å². The summed E-state index contributed by atoms with van der Waals surface area (Å²) < 4.78 is 31.4. The zero-order valence-electron chi connectivity index (χ0n) is 12.6. The Balaban J connectivity index is 2.64. The van der Waals surface area contributed by atoms with Gasteiger partial charge in [-0.1, -0.05) is 0 Å². The third kappa shape index (κ3) is 6.73. The molecule has 2 N–H and O–H groups in total. The fourth-order valence-electron chi connectivity index (χ4n) is 2.45. The average Bonchev–Trinajstić information content (AvgIpc) is 2.24. The first-order valence-corrected chi connectivity index (χ1v) is 7.08. The van der Waals surface area contributed by atoms with Crippen LogP contribution in [-0.4, -0.2) is 34.7 Å². The monoisotopic (exact) mass is 307 g/mol. The van der Waals surface area contributed by atoms with Gasteiger partial charge in [0.2, 0.25) is 5.92 Å². The van der Waals surface area contributed by atoms with E-state index in [4.69, 9.17) is 9.84 Å². The minimum Gasteiger partial charge on any atom is -0.481 e. The van der Waals surface area contributed by atoms with Gasteiger partial charge in [-0.05, 0) is 39.5 Å². The van der Waals surface area contributed by atoms with Crippen molar-refractivity contribution in [3.63, 3.8) is 0 Å². The van der Waals surface area contributed by atoms with E-state index in [0.29, 0.717) is 0 Å². The predicted octanol–water partition coefficient (Wildman–Crippen LogP) is 3.18. The molecule has 21 heavy (non-hydrogen) atoms. The first-order valence-electron chi connectivity index (χ1n) is 7.08. The molecule has 1 amide bonds. The Labute approximate surface area is 123 Å². The molecule has 1 atom stereocenters. The topological polar surface area (TPSA) is 75.6 Å². The lowest BCUT2D eigenvalue weighted by atomic mass is 9.81. The van der Waals surface area contributed by atoms with E-state index < -0.39 is 29.6 Å². The van der Waals surface area contributed by atoms with Gasteiger partial charge in [-0.15, -0.1) is 0 Å². The van der Waals surface area contributed by atoms with E-state index in [-0.39, 0.29) is 38.0 Å². The molecule has 1 rings (SSSR count). The molecule has 0 aromatic heterocycles. The van der Waals surface area contributed by atoms with E-state index >= 15 is 0 Å². The van der Waals surface area contributed by atoms with Crippen LogP contribution in [0.3, 0.4) is 0 Å². The van der Waals surface area contributed by atoms with Crippen LogP contribution in [0.25, 0.3) is 0 Å². The maximum absolute atomic E-state index is 13.2. The molecule has 0 bridgehead atoms. The fraction of sp³-hybridized carbons (Fsp3) is 0.857. The molecular formula is C14H23F2NO4. The van der Waals surface area contributed by atoms with Crippen LogP contribution in [0.5, 0.6) is 0 Å². The Kier molecular flexibility index (Phi) is 5.53. The summed E-state index contributed by atoms with van der Waals surface area (Å²) in [7, 11) is 0. The van der Waals surface area contributed by atoms with E-state index in [2.05, 4.69) is 5.32 Å². The van der Waals surface area contributed by atoms with Gasteiger partial charge in [0, 0.05) is 18.9 Å². The lowest BCUT2D eigenvalue weighted by Gasteiger charge is -2.33. The molecule has 1 fully saturated rings. The highest BCUT2D eigenvalue weighted by atomic mass is 19.3. The Morgan fingerprint density at radius 2 is 1.86 bits per heavy atom. The van der Waals surface area contributed by atoms with Crippen LogP contribution in [0, 0.1) is 5.92 Å². The van der Waals surface area contributed by atoms with E-state index in [1.807, 2.05) is 0 Å². The summed E-state index contributed by atoms with van der Waals surface area (Å²) in [5, 5.41) is 11.4. The number of nitrogens with one attached hydrogen (secondary N) is 1. The van der Waals surface area contributed by atoms with Crippen molar-refractivity contribution >= 4 is 12.1 Å². The van der Waals surface area contributed by atoms with Crippen LogP contribution in [-0.2, 0) is 9.53 Å². The number of carboxylic acid groups (broad SMARTS) is 1. The zero-order valence-corrected chi connectivity index (χ0v) is 12.6. The standard InChI is InChI=1S/C14H23F2NO4/c1-13(2,3)21-12(20)17-10(8-11(18)19)9-4-6-14(15,16)7-5-9/h9-10H,4-8H2,1-3H3,(H,17,20)(H,18,19)/t10-/m0/s1. The van der Waals surface area contributed by atoms with Crippen molar-refractivity contribution in [3.8, 4) is 0 Å². The summed E-state index contributed by atoms with van der Waals surface area (Å²) in [6, 6.07) is -0.687. The molecule has 1 aliphatic carbocycles. The normalized spacial score (nSPS) is 20.6. The average molecular weight is 307 g/mol. The van der Waals surface area contributed by atoms with Crippen molar-refractivity contribution in [2.75, 3.05) is 0 Å². The van der Waals surface area contributed by atoms with Crippen molar-refractivity contribution in [2.24, 2.45) is 5.92 Å². The van der Waals surface area contributed by atoms with E-state index in [1.165, 1.54) is 0 Å². The highest BCUT2D eigenvalue weighted by molar-refractivity contribution is 5.71. The Morgan fingerprint density at radius 3 is 2.29 bits per heavy atom. The Bertz CT molecular complexity index is 383. The van der Waals surface area contributed by atoms with Gasteiger partial charge in [-0.3, -0.25) is 4.79 Å². The van der Waals surface area contributed by atoms with Gasteiger partial charge in [0.25, 0.3) is 0 Å². The molecule has 0 aromatic carbocycles. The molecule has 7 heteroatoms. The van der Waals surface area contributed by atoms with Crippen LogP contribution in [0.1, 0.15) is 52.9 Å². The quantitative estimate of drug-likeness (QED) is 0.836. The number of carboxylic acids is 1. The summed E-state index contributed by atoms with van der Waals surface area (Å²) in [4.78, 5) is 22.7. The van der Waals surface area contributed by atoms with E-state index in [9.17, 15) is 18.4 Å². The van der Waals surface area contributed by atoms with Gasteiger partial charge in [-0.25, -0.2) is 13.6 Å². The number of carbonyl (C=O) groups is 2. The number of halogens is 2. The van der Waals surface area contributed by atoms with Crippen LogP contribution in [0.4, 0.5) is 13.6 Å². The second-order valence-electron chi connectivity index (χ2n) is 6.54. The minimum atomic E-state index is -2.68. The lowest BCUT2D eigenvalue weighted by molar-refractivity contribution is -0.138. The molecule has 0 aliphatic heterocycles. The summed E-state index contributed by atoms with van der Waals surface area (Å²) in [6.45, 7) is 5.08. The second kappa shape index (κ2) is 6.58. The summed E-state index contributed by atoms with van der Waals surface area (Å²) in [5.41, 5.74) is -0.697. The number of amides is 1. The number of rotatable bonds is 4. The molecule has 0 unspecified atom stereocenters. The van der Waals surface area contributed by atoms with Crippen molar-refractivity contribution in [3.05, 3.63) is 0 Å². The third-order valence-corrected chi connectivity index (χ3v) is 3.43. The zero-order chi connectivity index (χ0) is 16.3. The van der Waals surface area contributed by atoms with Crippen molar-refractivity contribution in [1.29, 1.82) is 0 Å². The number of carbonyl (C=O) groups excluding carboxylic acids is 1. The third-order valence-electron chi connectivity index (χ3n) is 3.43. The molecular weight excluding hydrogens is 284 g/mol. The first-order chi connectivity index (χ1) is 9.48. The van der Waals surface area contributed by atoms with Gasteiger partial charge >= 0.3 is 12.1 Å². The van der Waals surface area contributed by atoms with Crippen LogP contribution in [0.15, 0.2) is 0 Å². The van der Waals surface area contributed by atoms with Crippen LogP contribution in [0.2, 0.25) is 0 Å². The summed E-state index contributed by atoms with van der Waals surface area (Å²) in [6.07, 6.45) is -1.17. The van der Waals surface area contributed by atoms with Crippen LogP contribution < -0.4 is 5.32 Å². The SMILES string of the molecule is CC(C)(C)OC(=O)N[C@@H](CC(=O)O)C1CCC(F)(F)CC1. The largest absolute Gasteiger partial charge is 0.481 e. The van der Waals surface area contributed by atoms with Crippen molar-refractivity contribution in [1.82, 2.24) is 5.32 Å². The lowest BCUT2D eigenvalue weighted by Crippen LogP contribution is -2.46. The summed E-state index contributed by atoms with van der Waals surface area (Å²) >= 11 is 0. The van der Waals surface area contributed by atoms with Gasteiger partial charge in [0.05, 0.1) is 6.42 Å². The van der Waals surface area contributed by atoms with Gasteiger partial charge in [0.1, 0.15) is 5.60 Å². The summed E-state index contributed by atoms with van der Waals surface area (Å²) in [5.74, 6) is -4.03. The first kappa shape index (κ1) is 17.7. The minimum absolute atomic E-state index is 0.195. The van der Waals surface area contributed by atoms with Crippen LogP contribution >= 0.6 is 0 Å². The number of alkyl carbamates (subject to hydrolysis) is 1. The molecule has 0 heterocycles. The Hall–Kier alpha value is -1.40. The smallest absolute Gasteiger partial charge is 0.407 e. The maximum Gasteiger partial charge on any atom is 0.407 e. The van der Waals surface area contributed by atoms with Gasteiger partial charge in [0.15, 0.2) is 0 Å². The van der Waals surface area contributed by atoms with E-state index in [1.54, 1.807) is 20.8 Å². The Morgan fingerprint density at radius 1 is 1.33 bits per heavy atom. The number of alkyl halides is 2. The van der Waals surface area contributed by atoms with Crippen molar-refractivity contribution in [2.45, 2.75) is 70.4 Å². The molecule has 1 saturated carbocycles.